The molecule has 2 aromatic rings. The summed E-state index contributed by atoms with van der Waals surface area (Å²) in [4.78, 5) is 7.10. The van der Waals surface area contributed by atoms with Crippen molar-refractivity contribution in [2.75, 3.05) is 26.2 Å². The molecule has 0 amide bonds. The van der Waals surface area contributed by atoms with Crippen LogP contribution in [0.1, 0.15) is 24.5 Å². The predicted octanol–water partition coefficient (Wildman–Crippen LogP) is 2.96. The number of likely N-dealkylation sites (tertiary alicyclic amines) is 1. The number of benzene rings is 2. The molecule has 3 N–H and O–H groups in total. The summed E-state index contributed by atoms with van der Waals surface area (Å²) in [5.74, 6) is 1.35. The molecular formula is C22H31IN4O3S. The predicted molar refractivity (Wildman–Crippen MR) is 134 cm³/mol. The minimum atomic E-state index is -3.67. The zero-order chi connectivity index (χ0) is 21.4. The van der Waals surface area contributed by atoms with Gasteiger partial charge in [-0.3, -0.25) is 0 Å². The molecule has 1 fully saturated rings. The average Bonchev–Trinajstić information content (AvgIpc) is 3.20. The van der Waals surface area contributed by atoms with Crippen molar-refractivity contribution in [3.63, 3.8) is 0 Å². The second-order valence-electron chi connectivity index (χ2n) is 7.46. The third-order valence-electron chi connectivity index (χ3n) is 5.05. The first-order valence-electron chi connectivity index (χ1n) is 10.2. The van der Waals surface area contributed by atoms with E-state index in [9.17, 15) is 8.42 Å². The highest BCUT2D eigenvalue weighted by Crippen LogP contribution is 2.18. The fourth-order valence-corrected chi connectivity index (χ4v) is 3.97. The van der Waals surface area contributed by atoms with Crippen LogP contribution in [0.25, 0.3) is 0 Å². The highest BCUT2D eigenvalue weighted by atomic mass is 127. The molecule has 1 atom stereocenters. The van der Waals surface area contributed by atoms with Crippen molar-refractivity contribution in [2.45, 2.75) is 31.4 Å². The number of ether oxygens (including phenoxy) is 1. The Hall–Kier alpha value is -1.69. The van der Waals surface area contributed by atoms with Crippen LogP contribution in [0, 0.1) is 5.92 Å². The van der Waals surface area contributed by atoms with Gasteiger partial charge in [-0.25, -0.2) is 18.5 Å². The first-order valence-corrected chi connectivity index (χ1v) is 11.8. The van der Waals surface area contributed by atoms with Crippen LogP contribution in [0.3, 0.4) is 0 Å². The number of guanidine groups is 1. The third-order valence-corrected chi connectivity index (χ3v) is 5.98. The summed E-state index contributed by atoms with van der Waals surface area (Å²) < 4.78 is 28.7. The molecule has 0 spiro atoms. The second-order valence-corrected chi connectivity index (χ2v) is 9.02. The summed E-state index contributed by atoms with van der Waals surface area (Å²) in [6.07, 6.45) is 1.07. The van der Waals surface area contributed by atoms with Crippen LogP contribution < -0.4 is 10.5 Å². The van der Waals surface area contributed by atoms with Gasteiger partial charge in [0.05, 0.1) is 24.7 Å². The fraction of sp³-hybridized carbons (Fsp3) is 0.409. The van der Waals surface area contributed by atoms with E-state index in [0.29, 0.717) is 19.1 Å². The Morgan fingerprint density at radius 3 is 2.52 bits per heavy atom. The summed E-state index contributed by atoms with van der Waals surface area (Å²) in [6, 6.07) is 16.7. The van der Waals surface area contributed by atoms with Gasteiger partial charge in [-0.2, -0.15) is 0 Å². The Morgan fingerprint density at radius 1 is 1.16 bits per heavy atom. The smallest absolute Gasteiger partial charge is 0.238 e. The van der Waals surface area contributed by atoms with E-state index < -0.39 is 10.0 Å². The third kappa shape index (κ3) is 8.06. The Kier molecular flexibility index (Phi) is 10.2. The maximum Gasteiger partial charge on any atom is 0.238 e. The molecule has 0 radical (unpaired) electrons. The van der Waals surface area contributed by atoms with E-state index >= 15 is 0 Å². The molecule has 31 heavy (non-hydrogen) atoms. The number of sulfonamides is 1. The maximum absolute atomic E-state index is 11.4. The number of nitrogens with two attached hydrogens (primary N) is 1. The molecule has 1 unspecified atom stereocenters. The lowest BCUT2D eigenvalue weighted by molar-refractivity contribution is 0.0906. The van der Waals surface area contributed by atoms with Crippen LogP contribution in [-0.2, 0) is 27.9 Å². The minimum absolute atomic E-state index is 0. The van der Waals surface area contributed by atoms with Gasteiger partial charge in [-0.05, 0) is 36.6 Å². The van der Waals surface area contributed by atoms with Crippen LogP contribution in [0.2, 0.25) is 0 Å². The Bertz CT molecular complexity index is 937. The maximum atomic E-state index is 11.4. The molecule has 3 rings (SSSR count). The van der Waals surface area contributed by atoms with E-state index in [1.807, 2.05) is 25.1 Å². The molecule has 9 heteroatoms. The van der Waals surface area contributed by atoms with Crippen molar-refractivity contribution < 1.29 is 13.2 Å². The lowest BCUT2D eigenvalue weighted by atomic mass is 10.1. The number of hydrogen-bond acceptors (Lipinski definition) is 4. The van der Waals surface area contributed by atoms with E-state index in [-0.39, 0.29) is 28.9 Å². The van der Waals surface area contributed by atoms with Crippen molar-refractivity contribution in [3.8, 4) is 0 Å². The van der Waals surface area contributed by atoms with Crippen molar-refractivity contribution in [1.82, 2.24) is 10.2 Å². The first-order chi connectivity index (χ1) is 14.5. The SMILES string of the molecule is CCNC(=NCc1ccc(S(N)(=O)=O)cc1)N1CCC(COCc2ccccc2)C1.I. The Balaban J connectivity index is 0.00000341. The Labute approximate surface area is 202 Å². The second kappa shape index (κ2) is 12.4. The van der Waals surface area contributed by atoms with Gasteiger partial charge in [0.15, 0.2) is 5.96 Å². The first kappa shape index (κ1) is 25.6. The fourth-order valence-electron chi connectivity index (χ4n) is 3.46. The van der Waals surface area contributed by atoms with Crippen LogP contribution in [0.4, 0.5) is 0 Å². The van der Waals surface area contributed by atoms with Crippen LogP contribution >= 0.6 is 24.0 Å². The summed E-state index contributed by atoms with van der Waals surface area (Å²) >= 11 is 0. The molecule has 7 nitrogen and oxygen atoms in total. The molecule has 0 saturated carbocycles. The van der Waals surface area contributed by atoms with Crippen molar-refractivity contribution in [3.05, 3.63) is 65.7 Å². The van der Waals surface area contributed by atoms with Gasteiger partial charge in [0.1, 0.15) is 0 Å². The minimum Gasteiger partial charge on any atom is -0.376 e. The van der Waals surface area contributed by atoms with E-state index in [0.717, 1.165) is 44.2 Å². The highest BCUT2D eigenvalue weighted by molar-refractivity contribution is 14.0. The number of hydrogen-bond donors (Lipinski definition) is 2. The quantitative estimate of drug-likeness (QED) is 0.295. The van der Waals surface area contributed by atoms with E-state index in [2.05, 4.69) is 22.3 Å². The van der Waals surface area contributed by atoms with Crippen molar-refractivity contribution in [1.29, 1.82) is 0 Å². The number of halogens is 1. The van der Waals surface area contributed by atoms with Gasteiger partial charge >= 0.3 is 0 Å². The molecule has 0 aromatic heterocycles. The van der Waals surface area contributed by atoms with Crippen LogP contribution in [0.5, 0.6) is 0 Å². The zero-order valence-corrected chi connectivity index (χ0v) is 20.9. The standard InChI is InChI=1S/C22H30N4O3S.HI/c1-2-24-22(25-14-18-8-10-21(11-9-18)30(23,27)28)26-13-12-20(15-26)17-29-16-19-6-4-3-5-7-19;/h3-11,20H,2,12-17H2,1H3,(H,24,25)(H2,23,27,28);1H. The molecule has 1 saturated heterocycles. The van der Waals surface area contributed by atoms with Gasteiger partial charge in [0, 0.05) is 25.6 Å². The number of nitrogens with zero attached hydrogens (tertiary/aromatic N) is 2. The number of rotatable bonds is 8. The van der Waals surface area contributed by atoms with E-state index in [1.165, 1.54) is 17.7 Å². The van der Waals surface area contributed by atoms with Crippen molar-refractivity contribution >= 4 is 40.0 Å². The average molecular weight is 558 g/mol. The summed E-state index contributed by atoms with van der Waals surface area (Å²) in [5, 5.41) is 8.50. The molecule has 1 aliphatic heterocycles. The topological polar surface area (TPSA) is 97.0 Å². The Morgan fingerprint density at radius 2 is 1.87 bits per heavy atom. The molecule has 2 aromatic carbocycles. The number of primary sulfonamides is 1. The van der Waals surface area contributed by atoms with Crippen LogP contribution in [-0.4, -0.2) is 45.5 Å². The summed E-state index contributed by atoms with van der Waals surface area (Å²) in [7, 11) is -3.67. The monoisotopic (exact) mass is 558 g/mol. The summed E-state index contributed by atoms with van der Waals surface area (Å²) in [6.45, 7) is 6.53. The molecule has 0 aliphatic carbocycles. The molecule has 1 aliphatic rings. The van der Waals surface area contributed by atoms with Gasteiger partial charge in [-0.1, -0.05) is 42.5 Å². The normalized spacial score (nSPS) is 16.8. The molecule has 0 bridgehead atoms. The lowest BCUT2D eigenvalue weighted by Crippen LogP contribution is -2.40. The number of nitrogens with one attached hydrogen (secondary N) is 1. The van der Waals surface area contributed by atoms with Gasteiger partial charge in [0.2, 0.25) is 10.0 Å². The van der Waals surface area contributed by atoms with Gasteiger partial charge in [-0.15, -0.1) is 24.0 Å². The molecule has 170 valence electrons. The largest absolute Gasteiger partial charge is 0.376 e. The van der Waals surface area contributed by atoms with E-state index in [4.69, 9.17) is 14.9 Å². The van der Waals surface area contributed by atoms with Crippen LogP contribution in [0.15, 0.2) is 64.5 Å². The van der Waals surface area contributed by atoms with E-state index in [1.54, 1.807) is 12.1 Å². The van der Waals surface area contributed by atoms with Crippen molar-refractivity contribution in [2.24, 2.45) is 16.0 Å². The molecule has 1 heterocycles. The zero-order valence-electron chi connectivity index (χ0n) is 17.7. The highest BCUT2D eigenvalue weighted by Gasteiger charge is 2.25. The van der Waals surface area contributed by atoms with Gasteiger partial charge in [0.25, 0.3) is 0 Å². The molecular weight excluding hydrogens is 527 g/mol. The lowest BCUT2D eigenvalue weighted by Gasteiger charge is -2.21. The van der Waals surface area contributed by atoms with Gasteiger partial charge < -0.3 is 15.0 Å². The number of aliphatic imine (C=N–C) groups is 1. The summed E-state index contributed by atoms with van der Waals surface area (Å²) in [5.41, 5.74) is 2.12.